The number of pyridine rings is 1. The lowest BCUT2D eigenvalue weighted by atomic mass is 9.89. The minimum Gasteiger partial charge on any atom is -0.493 e. The minimum atomic E-state index is -0.737. The van der Waals surface area contributed by atoms with Crippen molar-refractivity contribution in [2.24, 2.45) is 11.3 Å². The molecule has 3 atom stereocenters. The summed E-state index contributed by atoms with van der Waals surface area (Å²) in [5.74, 6) is -0.0983. The highest BCUT2D eigenvalue weighted by Gasteiger charge is 2.45. The van der Waals surface area contributed by atoms with E-state index in [0.717, 1.165) is 54.4 Å². The molecule has 2 fully saturated rings. The van der Waals surface area contributed by atoms with Crippen LogP contribution in [0.3, 0.4) is 0 Å². The van der Waals surface area contributed by atoms with Crippen molar-refractivity contribution in [3.8, 4) is 16.9 Å². The summed E-state index contributed by atoms with van der Waals surface area (Å²) in [7, 11) is 0. The molecule has 0 spiro atoms. The molecule has 7 nitrogen and oxygen atoms in total. The average Bonchev–Trinajstić information content (AvgIpc) is 3.57. The van der Waals surface area contributed by atoms with Crippen molar-refractivity contribution in [2.45, 2.75) is 52.0 Å². The summed E-state index contributed by atoms with van der Waals surface area (Å²) in [5, 5.41) is 12.8. The molecule has 1 aliphatic heterocycles. The molecule has 1 saturated heterocycles. The first-order valence-corrected chi connectivity index (χ1v) is 13.4. The van der Waals surface area contributed by atoms with E-state index in [-0.39, 0.29) is 23.3 Å². The van der Waals surface area contributed by atoms with Crippen LogP contribution in [0.25, 0.3) is 11.1 Å². The van der Waals surface area contributed by atoms with Crippen molar-refractivity contribution < 1.29 is 19.4 Å². The van der Waals surface area contributed by atoms with Crippen LogP contribution in [0.2, 0.25) is 0 Å². The van der Waals surface area contributed by atoms with Gasteiger partial charge in [0.2, 0.25) is 0 Å². The van der Waals surface area contributed by atoms with Gasteiger partial charge in [0.25, 0.3) is 0 Å². The standard InChI is InChI=1S/C31H35N3O4/c1-17-10-20(38-16-31(3)14-37-15-31)11-18(2)28(17)21-5-7-25(32)29-22(21)6-9-27(29)34-19-4-8-26(33-13-19)23-12-24(23)30(35)36/h4-5,7-8,10-11,13,23-24,27,34H,6,9,12,14-16,32H2,1-3H3,(H,35,36)/t23-,24-,27+/m0/s1. The van der Waals surface area contributed by atoms with E-state index in [1.54, 1.807) is 0 Å². The van der Waals surface area contributed by atoms with E-state index in [9.17, 15) is 9.90 Å². The van der Waals surface area contributed by atoms with Crippen LogP contribution < -0.4 is 15.8 Å². The Hall–Kier alpha value is -3.58. The molecule has 198 valence electrons. The van der Waals surface area contributed by atoms with Crippen LogP contribution in [0, 0.1) is 25.2 Å². The number of anilines is 2. The first kappa shape index (κ1) is 24.7. The number of carboxylic acids is 1. The zero-order valence-corrected chi connectivity index (χ0v) is 22.2. The molecule has 4 N–H and O–H groups in total. The summed E-state index contributed by atoms with van der Waals surface area (Å²) in [6.07, 6.45) is 4.37. The third kappa shape index (κ3) is 4.49. The Kier molecular flexibility index (Phi) is 6.06. The predicted molar refractivity (Wildman–Crippen MR) is 148 cm³/mol. The average molecular weight is 514 g/mol. The number of carboxylic acid groups (broad SMARTS) is 1. The van der Waals surface area contributed by atoms with E-state index in [1.807, 2.05) is 24.4 Å². The number of hydrogen-bond donors (Lipinski definition) is 3. The van der Waals surface area contributed by atoms with Gasteiger partial charge >= 0.3 is 5.97 Å². The van der Waals surface area contributed by atoms with Crippen LogP contribution in [-0.4, -0.2) is 35.9 Å². The van der Waals surface area contributed by atoms with Gasteiger partial charge in [-0.15, -0.1) is 0 Å². The number of nitrogens with two attached hydrogens (primary N) is 1. The molecular formula is C31H35N3O4. The predicted octanol–water partition coefficient (Wildman–Crippen LogP) is 5.65. The molecular weight excluding hydrogens is 478 g/mol. The summed E-state index contributed by atoms with van der Waals surface area (Å²) in [5.41, 5.74) is 16.5. The van der Waals surface area contributed by atoms with Crippen LogP contribution in [0.15, 0.2) is 42.6 Å². The largest absolute Gasteiger partial charge is 0.493 e. The number of aromatic nitrogens is 1. The second-order valence-electron chi connectivity index (χ2n) is 11.6. The monoisotopic (exact) mass is 513 g/mol. The maximum Gasteiger partial charge on any atom is 0.307 e. The van der Waals surface area contributed by atoms with Crippen molar-refractivity contribution >= 4 is 17.3 Å². The van der Waals surface area contributed by atoms with E-state index < -0.39 is 5.97 Å². The number of nitrogen functional groups attached to an aromatic ring is 1. The molecule has 2 aromatic carbocycles. The number of benzene rings is 2. The Morgan fingerprint density at radius 1 is 1.21 bits per heavy atom. The highest BCUT2D eigenvalue weighted by molar-refractivity contribution is 5.79. The Morgan fingerprint density at radius 2 is 1.97 bits per heavy atom. The number of rotatable bonds is 8. The maximum absolute atomic E-state index is 11.2. The maximum atomic E-state index is 11.2. The smallest absolute Gasteiger partial charge is 0.307 e. The van der Waals surface area contributed by atoms with E-state index in [2.05, 4.69) is 49.3 Å². The molecule has 3 aromatic rings. The van der Waals surface area contributed by atoms with Crippen molar-refractivity contribution in [3.63, 3.8) is 0 Å². The number of aryl methyl sites for hydroxylation is 2. The minimum absolute atomic E-state index is 0.0329. The van der Waals surface area contributed by atoms with Crippen LogP contribution >= 0.6 is 0 Å². The summed E-state index contributed by atoms with van der Waals surface area (Å²) >= 11 is 0. The normalized spacial score (nSPS) is 22.9. The van der Waals surface area contributed by atoms with E-state index in [4.69, 9.17) is 15.2 Å². The number of fused-ring (bicyclic) bond motifs is 1. The molecule has 3 aliphatic rings. The summed E-state index contributed by atoms with van der Waals surface area (Å²) in [4.78, 5) is 15.8. The van der Waals surface area contributed by atoms with Gasteiger partial charge in [-0.2, -0.15) is 0 Å². The van der Waals surface area contributed by atoms with Gasteiger partial charge in [-0.1, -0.05) is 13.0 Å². The SMILES string of the molecule is Cc1cc(OCC2(C)COC2)cc(C)c1-c1ccc(N)c2c1CC[C@H]2Nc1ccc([C@H]2C[C@@H]2C(=O)O)nc1. The fraction of sp³-hybridized carbons (Fsp3) is 0.419. The number of hydrogen-bond acceptors (Lipinski definition) is 6. The van der Waals surface area contributed by atoms with Gasteiger partial charge in [0.1, 0.15) is 5.75 Å². The number of carbonyl (C=O) groups is 1. The van der Waals surface area contributed by atoms with Gasteiger partial charge in [0.05, 0.1) is 43.7 Å². The molecule has 0 bridgehead atoms. The zero-order chi connectivity index (χ0) is 26.6. The Bertz CT molecular complexity index is 1370. The van der Waals surface area contributed by atoms with Gasteiger partial charge in [0.15, 0.2) is 0 Å². The van der Waals surface area contributed by atoms with Crippen molar-refractivity contribution in [1.29, 1.82) is 0 Å². The van der Waals surface area contributed by atoms with Gasteiger partial charge < -0.3 is 25.6 Å². The number of ether oxygens (including phenoxy) is 2. The van der Waals surface area contributed by atoms with Crippen LogP contribution in [-0.2, 0) is 16.0 Å². The molecule has 0 amide bonds. The Morgan fingerprint density at radius 3 is 2.58 bits per heavy atom. The highest BCUT2D eigenvalue weighted by atomic mass is 16.5. The molecule has 0 unspecified atom stereocenters. The van der Waals surface area contributed by atoms with Crippen LogP contribution in [0.4, 0.5) is 11.4 Å². The number of aliphatic carboxylic acids is 1. The molecule has 1 aromatic heterocycles. The second-order valence-corrected chi connectivity index (χ2v) is 11.6. The zero-order valence-electron chi connectivity index (χ0n) is 22.2. The van der Waals surface area contributed by atoms with Crippen molar-refractivity contribution in [1.82, 2.24) is 4.98 Å². The van der Waals surface area contributed by atoms with E-state index >= 15 is 0 Å². The third-order valence-electron chi connectivity index (χ3n) is 8.30. The van der Waals surface area contributed by atoms with Gasteiger partial charge in [-0.25, -0.2) is 0 Å². The van der Waals surface area contributed by atoms with Gasteiger partial charge in [-0.05, 0) is 91.3 Å². The van der Waals surface area contributed by atoms with E-state index in [1.165, 1.54) is 27.8 Å². The second kappa shape index (κ2) is 9.31. The Balaban J connectivity index is 1.22. The van der Waals surface area contributed by atoms with Crippen LogP contribution in [0.1, 0.15) is 59.7 Å². The quantitative estimate of drug-likeness (QED) is 0.334. The van der Waals surface area contributed by atoms with Gasteiger partial charge in [0, 0.05) is 28.3 Å². The molecule has 0 radical (unpaired) electrons. The fourth-order valence-electron chi connectivity index (χ4n) is 6.10. The van der Waals surface area contributed by atoms with Crippen molar-refractivity contribution in [2.75, 3.05) is 30.9 Å². The lowest BCUT2D eigenvalue weighted by Gasteiger charge is -2.37. The van der Waals surface area contributed by atoms with Crippen LogP contribution in [0.5, 0.6) is 5.75 Å². The molecule has 6 rings (SSSR count). The fourth-order valence-corrected chi connectivity index (χ4v) is 6.10. The highest BCUT2D eigenvalue weighted by Crippen LogP contribution is 2.47. The molecule has 1 saturated carbocycles. The summed E-state index contributed by atoms with van der Waals surface area (Å²) < 4.78 is 11.5. The number of nitrogens with one attached hydrogen (secondary N) is 1. The first-order valence-electron chi connectivity index (χ1n) is 13.4. The molecule has 2 aliphatic carbocycles. The lowest BCUT2D eigenvalue weighted by Crippen LogP contribution is -2.44. The number of nitrogens with zero attached hydrogens (tertiary/aromatic N) is 1. The topological polar surface area (TPSA) is 107 Å². The molecule has 2 heterocycles. The molecule has 7 heteroatoms. The first-order chi connectivity index (χ1) is 18.2. The summed E-state index contributed by atoms with van der Waals surface area (Å²) in [6, 6.07) is 12.5. The van der Waals surface area contributed by atoms with E-state index in [0.29, 0.717) is 13.0 Å². The Labute approximate surface area is 223 Å². The van der Waals surface area contributed by atoms with Gasteiger partial charge in [-0.3, -0.25) is 9.78 Å². The lowest BCUT2D eigenvalue weighted by molar-refractivity contribution is -0.138. The third-order valence-corrected chi connectivity index (χ3v) is 8.30. The van der Waals surface area contributed by atoms with Crippen molar-refractivity contribution in [3.05, 3.63) is 70.5 Å². The summed E-state index contributed by atoms with van der Waals surface area (Å²) in [6.45, 7) is 8.66. The molecule has 38 heavy (non-hydrogen) atoms.